The summed E-state index contributed by atoms with van der Waals surface area (Å²) in [5.74, 6) is -0.00118. The Morgan fingerprint density at radius 3 is 2.38 bits per heavy atom. The summed E-state index contributed by atoms with van der Waals surface area (Å²) >= 11 is 0. The van der Waals surface area contributed by atoms with Crippen LogP contribution in [0.25, 0.3) is 0 Å². The second-order valence-corrected chi connectivity index (χ2v) is 8.13. The predicted octanol–water partition coefficient (Wildman–Crippen LogP) is 3.31. The van der Waals surface area contributed by atoms with E-state index in [0.717, 1.165) is 12.0 Å². The standard InChI is InChI=1S/C26H29N3O3/c30-25(17-24-26(31)28-14-15-29(24)18-20-12-16-32-19-20)27-13-11-23(21-7-3-1-4-8-21)22-9-5-2-6-10-22/h1-10,12,16,19,23-24H,11,13-15,17-18H2,(H,27,30)(H,28,31). The van der Waals surface area contributed by atoms with Crippen LogP contribution in [0.4, 0.5) is 0 Å². The molecule has 1 aliphatic rings. The highest BCUT2D eigenvalue weighted by Crippen LogP contribution is 2.27. The van der Waals surface area contributed by atoms with E-state index in [4.69, 9.17) is 4.42 Å². The molecule has 2 heterocycles. The van der Waals surface area contributed by atoms with E-state index in [9.17, 15) is 9.59 Å². The number of hydrogen-bond acceptors (Lipinski definition) is 4. The SMILES string of the molecule is O=C(CC1C(=O)NCCN1Cc1ccoc1)NCCC(c1ccccc1)c1ccccc1. The Labute approximate surface area is 188 Å². The van der Waals surface area contributed by atoms with Crippen molar-refractivity contribution >= 4 is 11.8 Å². The van der Waals surface area contributed by atoms with E-state index in [-0.39, 0.29) is 24.2 Å². The molecule has 1 atom stereocenters. The van der Waals surface area contributed by atoms with Crippen molar-refractivity contribution in [2.45, 2.75) is 31.3 Å². The summed E-state index contributed by atoms with van der Waals surface area (Å²) in [4.78, 5) is 27.2. The van der Waals surface area contributed by atoms with Crippen molar-refractivity contribution in [3.8, 4) is 0 Å². The number of carbonyl (C=O) groups is 2. The topological polar surface area (TPSA) is 74.6 Å². The molecule has 2 N–H and O–H groups in total. The first-order valence-corrected chi connectivity index (χ1v) is 11.1. The Hall–Kier alpha value is -3.38. The maximum absolute atomic E-state index is 12.7. The van der Waals surface area contributed by atoms with E-state index in [1.165, 1.54) is 11.1 Å². The minimum atomic E-state index is -0.474. The molecule has 1 aliphatic heterocycles. The van der Waals surface area contributed by atoms with Crippen LogP contribution < -0.4 is 10.6 Å². The first-order valence-electron chi connectivity index (χ1n) is 11.1. The largest absolute Gasteiger partial charge is 0.472 e. The minimum Gasteiger partial charge on any atom is -0.472 e. The van der Waals surface area contributed by atoms with E-state index < -0.39 is 6.04 Å². The van der Waals surface area contributed by atoms with Gasteiger partial charge in [-0.15, -0.1) is 0 Å². The van der Waals surface area contributed by atoms with Crippen LogP contribution in [-0.4, -0.2) is 42.4 Å². The number of furan rings is 1. The van der Waals surface area contributed by atoms with E-state index in [1.54, 1.807) is 12.5 Å². The Kier molecular flexibility index (Phi) is 7.35. The number of amides is 2. The maximum Gasteiger partial charge on any atom is 0.237 e. The lowest BCUT2D eigenvalue weighted by atomic mass is 9.88. The van der Waals surface area contributed by atoms with Gasteiger partial charge < -0.3 is 15.1 Å². The first kappa shape index (κ1) is 21.8. The van der Waals surface area contributed by atoms with Crippen molar-refractivity contribution in [3.05, 3.63) is 95.9 Å². The van der Waals surface area contributed by atoms with Crippen LogP contribution in [0.3, 0.4) is 0 Å². The number of hydrogen-bond donors (Lipinski definition) is 2. The van der Waals surface area contributed by atoms with Gasteiger partial charge in [0.1, 0.15) is 0 Å². The van der Waals surface area contributed by atoms with Crippen LogP contribution in [0.2, 0.25) is 0 Å². The molecule has 0 saturated carbocycles. The second kappa shape index (κ2) is 10.8. The number of piperazine rings is 1. The van der Waals surface area contributed by atoms with Crippen LogP contribution in [0.1, 0.15) is 35.4 Å². The summed E-state index contributed by atoms with van der Waals surface area (Å²) in [7, 11) is 0. The molecule has 32 heavy (non-hydrogen) atoms. The molecule has 6 nitrogen and oxygen atoms in total. The molecule has 1 unspecified atom stereocenters. The Balaban J connectivity index is 1.35. The van der Waals surface area contributed by atoms with Gasteiger partial charge in [-0.25, -0.2) is 0 Å². The van der Waals surface area contributed by atoms with Crippen LogP contribution in [-0.2, 0) is 16.1 Å². The molecular formula is C26H29N3O3. The molecule has 2 aromatic carbocycles. The van der Waals surface area contributed by atoms with Crippen molar-refractivity contribution in [1.82, 2.24) is 15.5 Å². The minimum absolute atomic E-state index is 0.0960. The molecule has 0 spiro atoms. The fourth-order valence-corrected chi connectivity index (χ4v) is 4.29. The van der Waals surface area contributed by atoms with Gasteiger partial charge in [0.05, 0.1) is 25.0 Å². The van der Waals surface area contributed by atoms with Gasteiger partial charge in [0.15, 0.2) is 0 Å². The normalized spacial score (nSPS) is 16.7. The van der Waals surface area contributed by atoms with Crippen LogP contribution >= 0.6 is 0 Å². The van der Waals surface area contributed by atoms with Crippen LogP contribution in [0.15, 0.2) is 83.7 Å². The van der Waals surface area contributed by atoms with Gasteiger partial charge in [-0.05, 0) is 23.6 Å². The Bertz CT molecular complexity index is 950. The number of rotatable bonds is 9. The van der Waals surface area contributed by atoms with Gasteiger partial charge in [-0.3, -0.25) is 14.5 Å². The van der Waals surface area contributed by atoms with Crippen molar-refractivity contribution in [2.75, 3.05) is 19.6 Å². The molecular weight excluding hydrogens is 402 g/mol. The molecule has 1 saturated heterocycles. The van der Waals surface area contributed by atoms with E-state index >= 15 is 0 Å². The number of nitrogens with one attached hydrogen (secondary N) is 2. The van der Waals surface area contributed by atoms with Crippen LogP contribution in [0, 0.1) is 0 Å². The van der Waals surface area contributed by atoms with Gasteiger partial charge in [0.2, 0.25) is 11.8 Å². The third kappa shape index (κ3) is 5.65. The lowest BCUT2D eigenvalue weighted by Gasteiger charge is -2.34. The fraction of sp³-hybridized carbons (Fsp3) is 0.308. The summed E-state index contributed by atoms with van der Waals surface area (Å²) in [5.41, 5.74) is 3.45. The van der Waals surface area contributed by atoms with Gasteiger partial charge in [0, 0.05) is 37.7 Å². The average molecular weight is 432 g/mol. The third-order valence-electron chi connectivity index (χ3n) is 5.95. The second-order valence-electron chi connectivity index (χ2n) is 8.13. The highest BCUT2D eigenvalue weighted by Gasteiger charge is 2.31. The summed E-state index contributed by atoms with van der Waals surface area (Å²) in [6.07, 6.45) is 4.23. The third-order valence-corrected chi connectivity index (χ3v) is 5.95. The Morgan fingerprint density at radius 1 is 1.06 bits per heavy atom. The van der Waals surface area contributed by atoms with E-state index in [1.807, 2.05) is 47.4 Å². The van der Waals surface area contributed by atoms with Crippen molar-refractivity contribution < 1.29 is 14.0 Å². The van der Waals surface area contributed by atoms with Gasteiger partial charge in [-0.2, -0.15) is 0 Å². The highest BCUT2D eigenvalue weighted by molar-refractivity contribution is 5.88. The van der Waals surface area contributed by atoms with Gasteiger partial charge >= 0.3 is 0 Å². The molecule has 1 aromatic heterocycles. The number of benzene rings is 2. The molecule has 2 amide bonds. The zero-order valence-corrected chi connectivity index (χ0v) is 18.1. The zero-order chi connectivity index (χ0) is 22.2. The first-order chi connectivity index (χ1) is 15.7. The summed E-state index contributed by atoms with van der Waals surface area (Å²) in [5, 5.41) is 5.92. The number of nitrogens with zero attached hydrogens (tertiary/aromatic N) is 1. The van der Waals surface area contributed by atoms with Crippen molar-refractivity contribution in [3.63, 3.8) is 0 Å². The average Bonchev–Trinajstić information content (AvgIpc) is 3.33. The summed E-state index contributed by atoms with van der Waals surface area (Å²) in [6.45, 7) is 2.43. The van der Waals surface area contributed by atoms with E-state index in [2.05, 4.69) is 34.9 Å². The molecule has 1 fully saturated rings. The van der Waals surface area contributed by atoms with Crippen LogP contribution in [0.5, 0.6) is 0 Å². The quantitative estimate of drug-likeness (QED) is 0.545. The zero-order valence-electron chi connectivity index (χ0n) is 18.1. The monoisotopic (exact) mass is 431 g/mol. The van der Waals surface area contributed by atoms with Gasteiger partial charge in [-0.1, -0.05) is 60.7 Å². The molecule has 6 heteroatoms. The smallest absolute Gasteiger partial charge is 0.237 e. The molecule has 3 aromatic rings. The van der Waals surface area contributed by atoms with E-state index in [0.29, 0.717) is 26.2 Å². The van der Waals surface area contributed by atoms with Gasteiger partial charge in [0.25, 0.3) is 0 Å². The summed E-state index contributed by atoms with van der Waals surface area (Å²) < 4.78 is 5.14. The molecule has 0 radical (unpaired) electrons. The highest BCUT2D eigenvalue weighted by atomic mass is 16.3. The molecule has 0 bridgehead atoms. The number of carbonyl (C=O) groups excluding carboxylic acids is 2. The lowest BCUT2D eigenvalue weighted by Crippen LogP contribution is -2.56. The Morgan fingerprint density at radius 2 is 1.75 bits per heavy atom. The molecule has 4 rings (SSSR count). The molecule has 166 valence electrons. The van der Waals surface area contributed by atoms with Crippen molar-refractivity contribution in [2.24, 2.45) is 0 Å². The van der Waals surface area contributed by atoms with Crippen molar-refractivity contribution in [1.29, 1.82) is 0 Å². The summed E-state index contributed by atoms with van der Waals surface area (Å²) in [6, 6.07) is 22.1. The maximum atomic E-state index is 12.7. The predicted molar refractivity (Wildman–Crippen MR) is 123 cm³/mol. The lowest BCUT2D eigenvalue weighted by molar-refractivity contribution is -0.134. The fourth-order valence-electron chi connectivity index (χ4n) is 4.29. The molecule has 0 aliphatic carbocycles.